The molecule has 2 heterocycles. The van der Waals surface area contributed by atoms with Crippen LogP contribution in [0.1, 0.15) is 13.3 Å². The van der Waals surface area contributed by atoms with Crippen molar-refractivity contribution in [2.24, 2.45) is 0 Å². The number of ether oxygens (including phenoxy) is 1. The molecular formula is C17H24Cl3N3O2. The molecule has 8 heteroatoms. The molecule has 1 aromatic carbocycles. The van der Waals surface area contributed by atoms with Gasteiger partial charge < -0.3 is 15.0 Å². The minimum absolute atomic E-state index is 0. The van der Waals surface area contributed by atoms with Crippen molar-refractivity contribution in [1.82, 2.24) is 15.1 Å². The number of nitrogens with zero attached hydrogens (tertiary/aromatic N) is 2. The van der Waals surface area contributed by atoms with Crippen LogP contribution in [0.2, 0.25) is 10.0 Å². The summed E-state index contributed by atoms with van der Waals surface area (Å²) in [4.78, 5) is 17.0. The zero-order chi connectivity index (χ0) is 17.1. The van der Waals surface area contributed by atoms with Crippen LogP contribution in [-0.2, 0) is 4.79 Å². The van der Waals surface area contributed by atoms with Crippen molar-refractivity contribution in [2.45, 2.75) is 25.5 Å². The van der Waals surface area contributed by atoms with E-state index in [1.807, 2.05) is 4.90 Å². The lowest BCUT2D eigenvalue weighted by molar-refractivity contribution is -0.137. The zero-order valence-corrected chi connectivity index (χ0v) is 16.5. The van der Waals surface area contributed by atoms with Crippen LogP contribution >= 0.6 is 35.6 Å². The second-order valence-corrected chi connectivity index (χ2v) is 7.25. The second-order valence-electron chi connectivity index (χ2n) is 6.38. The number of carbonyl (C=O) groups is 1. The number of halogens is 3. The maximum absolute atomic E-state index is 12.7. The Labute approximate surface area is 165 Å². The Morgan fingerprint density at radius 1 is 1.20 bits per heavy atom. The lowest BCUT2D eigenvalue weighted by atomic mass is 10.2. The van der Waals surface area contributed by atoms with E-state index in [1.54, 1.807) is 25.1 Å². The van der Waals surface area contributed by atoms with Gasteiger partial charge in [-0.25, -0.2) is 0 Å². The molecule has 1 N–H and O–H groups in total. The lowest BCUT2D eigenvalue weighted by Crippen LogP contribution is -2.50. The van der Waals surface area contributed by atoms with Crippen molar-refractivity contribution in [3.8, 4) is 5.75 Å². The van der Waals surface area contributed by atoms with Gasteiger partial charge in [-0.3, -0.25) is 9.69 Å². The molecule has 0 bridgehead atoms. The molecule has 0 spiro atoms. The van der Waals surface area contributed by atoms with Crippen molar-refractivity contribution in [3.05, 3.63) is 28.2 Å². The first-order valence-electron chi connectivity index (χ1n) is 8.39. The SMILES string of the molecule is CC(Oc1cc(Cl)cc(Cl)c1)C(=O)N1CCC(N2CCNCC2)C1.Cl. The van der Waals surface area contributed by atoms with E-state index >= 15 is 0 Å². The highest BCUT2D eigenvalue weighted by molar-refractivity contribution is 6.34. The van der Waals surface area contributed by atoms with Gasteiger partial charge in [0, 0.05) is 55.4 Å². The first-order valence-corrected chi connectivity index (χ1v) is 9.15. The van der Waals surface area contributed by atoms with Crippen LogP contribution in [0.5, 0.6) is 5.75 Å². The number of hydrogen-bond acceptors (Lipinski definition) is 4. The van der Waals surface area contributed by atoms with Crippen LogP contribution in [0.3, 0.4) is 0 Å². The van der Waals surface area contributed by atoms with E-state index in [1.165, 1.54) is 0 Å². The fraction of sp³-hybridized carbons (Fsp3) is 0.588. The fourth-order valence-corrected chi connectivity index (χ4v) is 3.90. The summed E-state index contributed by atoms with van der Waals surface area (Å²) in [6.07, 6.45) is 0.475. The first kappa shape index (κ1) is 20.6. The molecule has 0 saturated carbocycles. The summed E-state index contributed by atoms with van der Waals surface area (Å²) in [6, 6.07) is 5.44. The van der Waals surface area contributed by atoms with Crippen LogP contribution in [0.4, 0.5) is 0 Å². The van der Waals surface area contributed by atoms with Gasteiger partial charge in [-0.15, -0.1) is 12.4 Å². The van der Waals surface area contributed by atoms with E-state index in [2.05, 4.69) is 10.2 Å². The third-order valence-electron chi connectivity index (χ3n) is 4.64. The monoisotopic (exact) mass is 407 g/mol. The van der Waals surface area contributed by atoms with Gasteiger partial charge in [-0.2, -0.15) is 0 Å². The average Bonchev–Trinajstić information content (AvgIpc) is 3.04. The second kappa shape index (κ2) is 9.28. The van der Waals surface area contributed by atoms with Gasteiger partial charge in [0.15, 0.2) is 6.10 Å². The van der Waals surface area contributed by atoms with Crippen LogP contribution < -0.4 is 10.1 Å². The number of likely N-dealkylation sites (tertiary alicyclic amines) is 1. The molecule has 2 fully saturated rings. The summed E-state index contributed by atoms with van der Waals surface area (Å²) in [5.41, 5.74) is 0. The maximum Gasteiger partial charge on any atom is 0.263 e. The summed E-state index contributed by atoms with van der Waals surface area (Å²) in [5, 5.41) is 4.36. The largest absolute Gasteiger partial charge is 0.481 e. The summed E-state index contributed by atoms with van der Waals surface area (Å²) in [7, 11) is 0. The molecule has 2 aliphatic rings. The number of benzene rings is 1. The van der Waals surface area contributed by atoms with Gasteiger partial charge in [0.2, 0.25) is 0 Å². The molecule has 2 aliphatic heterocycles. The fourth-order valence-electron chi connectivity index (χ4n) is 3.40. The molecule has 25 heavy (non-hydrogen) atoms. The Morgan fingerprint density at radius 2 is 1.84 bits per heavy atom. The van der Waals surface area contributed by atoms with E-state index in [9.17, 15) is 4.79 Å². The van der Waals surface area contributed by atoms with Crippen LogP contribution in [0.25, 0.3) is 0 Å². The van der Waals surface area contributed by atoms with E-state index in [4.69, 9.17) is 27.9 Å². The van der Waals surface area contributed by atoms with Crippen LogP contribution in [0, 0.1) is 0 Å². The highest BCUT2D eigenvalue weighted by Gasteiger charge is 2.33. The first-order chi connectivity index (χ1) is 11.5. The Morgan fingerprint density at radius 3 is 2.48 bits per heavy atom. The standard InChI is InChI=1S/C17H23Cl2N3O2.ClH/c1-12(24-16-9-13(18)8-14(19)10-16)17(23)22-5-2-15(11-22)21-6-3-20-4-7-21;/h8-10,12,15,20H,2-7,11H2,1H3;1H. The lowest BCUT2D eigenvalue weighted by Gasteiger charge is -2.32. The predicted molar refractivity (Wildman–Crippen MR) is 103 cm³/mol. The summed E-state index contributed by atoms with van der Waals surface area (Å²) < 4.78 is 5.75. The Hall–Kier alpha value is -0.720. The molecular weight excluding hydrogens is 385 g/mol. The molecule has 2 unspecified atom stereocenters. The third kappa shape index (κ3) is 5.38. The predicted octanol–water partition coefficient (Wildman–Crippen LogP) is 2.69. The summed E-state index contributed by atoms with van der Waals surface area (Å²) in [6.45, 7) is 7.51. The third-order valence-corrected chi connectivity index (χ3v) is 5.08. The topological polar surface area (TPSA) is 44.8 Å². The minimum atomic E-state index is -0.554. The number of amides is 1. The number of carbonyl (C=O) groups excluding carboxylic acids is 1. The highest BCUT2D eigenvalue weighted by atomic mass is 35.5. The van der Waals surface area contributed by atoms with Gasteiger partial charge >= 0.3 is 0 Å². The van der Waals surface area contributed by atoms with Gasteiger partial charge in [0.05, 0.1) is 0 Å². The summed E-state index contributed by atoms with van der Waals surface area (Å²) >= 11 is 11.9. The van der Waals surface area contributed by atoms with E-state index in [-0.39, 0.29) is 18.3 Å². The number of nitrogens with one attached hydrogen (secondary N) is 1. The van der Waals surface area contributed by atoms with Crippen LogP contribution in [-0.4, -0.2) is 67.1 Å². The van der Waals surface area contributed by atoms with Crippen molar-refractivity contribution in [2.75, 3.05) is 39.3 Å². The van der Waals surface area contributed by atoms with Crippen molar-refractivity contribution in [1.29, 1.82) is 0 Å². The molecule has 0 aliphatic carbocycles. The molecule has 5 nitrogen and oxygen atoms in total. The Bertz CT molecular complexity index is 576. The van der Waals surface area contributed by atoms with Crippen molar-refractivity contribution < 1.29 is 9.53 Å². The molecule has 2 saturated heterocycles. The Balaban J connectivity index is 0.00000225. The van der Waals surface area contributed by atoms with Gasteiger partial charge in [0.1, 0.15) is 5.75 Å². The smallest absolute Gasteiger partial charge is 0.263 e. The van der Waals surface area contributed by atoms with Crippen molar-refractivity contribution in [3.63, 3.8) is 0 Å². The number of rotatable bonds is 4. The van der Waals surface area contributed by atoms with E-state index in [0.717, 1.165) is 45.7 Å². The number of piperazine rings is 1. The van der Waals surface area contributed by atoms with Crippen molar-refractivity contribution >= 4 is 41.5 Å². The molecule has 1 aromatic rings. The quantitative estimate of drug-likeness (QED) is 0.832. The van der Waals surface area contributed by atoms with E-state index < -0.39 is 6.10 Å². The molecule has 2 atom stereocenters. The Kier molecular flexibility index (Phi) is 7.65. The zero-order valence-electron chi connectivity index (χ0n) is 14.2. The van der Waals surface area contributed by atoms with Gasteiger partial charge in [-0.1, -0.05) is 23.2 Å². The normalized spacial score (nSPS) is 22.4. The molecule has 0 radical (unpaired) electrons. The van der Waals surface area contributed by atoms with Gasteiger partial charge in [0.25, 0.3) is 5.91 Å². The molecule has 1 amide bonds. The minimum Gasteiger partial charge on any atom is -0.481 e. The molecule has 3 rings (SSSR count). The van der Waals surface area contributed by atoms with Gasteiger partial charge in [-0.05, 0) is 31.5 Å². The molecule has 140 valence electrons. The van der Waals surface area contributed by atoms with E-state index in [0.29, 0.717) is 21.8 Å². The average molecular weight is 409 g/mol. The maximum atomic E-state index is 12.7. The summed E-state index contributed by atoms with van der Waals surface area (Å²) in [5.74, 6) is 0.537. The highest BCUT2D eigenvalue weighted by Crippen LogP contribution is 2.25. The number of hydrogen-bond donors (Lipinski definition) is 1. The van der Waals surface area contributed by atoms with Crippen LogP contribution in [0.15, 0.2) is 18.2 Å². The molecule has 0 aromatic heterocycles.